The number of carbonyl (C=O) groups is 1. The molecule has 0 bridgehead atoms. The number of halogens is 2. The number of hydrogen-bond acceptors (Lipinski definition) is 2. The zero-order valence-electron chi connectivity index (χ0n) is 3.90. The third kappa shape index (κ3) is 2.46. The van der Waals surface area contributed by atoms with Gasteiger partial charge in [0.15, 0.2) is 0 Å². The Morgan fingerprint density at radius 2 is 2.25 bits per heavy atom. The number of aliphatic hydroxyl groups excluding tert-OH is 1. The van der Waals surface area contributed by atoms with Gasteiger partial charge in [-0.25, -0.2) is 0 Å². The van der Waals surface area contributed by atoms with Crippen molar-refractivity contribution in [2.45, 2.75) is 6.43 Å². The Morgan fingerprint density at radius 3 is 2.38 bits per heavy atom. The van der Waals surface area contributed by atoms with Crippen molar-refractivity contribution in [3.05, 3.63) is 0 Å². The molecule has 8 heavy (non-hydrogen) atoms. The average Bonchev–Trinajstić information content (AvgIpc) is 1.67. The molecular formula is C3H5F2NO2. The lowest BCUT2D eigenvalue weighted by molar-refractivity contribution is -0.132. The van der Waals surface area contributed by atoms with Gasteiger partial charge in [-0.15, -0.1) is 0 Å². The summed E-state index contributed by atoms with van der Waals surface area (Å²) in [7, 11) is 0. The van der Waals surface area contributed by atoms with E-state index in [9.17, 15) is 13.6 Å². The fourth-order valence-electron chi connectivity index (χ4n) is 0.155. The first kappa shape index (κ1) is 7.29. The average molecular weight is 125 g/mol. The van der Waals surface area contributed by atoms with Crippen molar-refractivity contribution in [2.24, 2.45) is 0 Å². The maximum Gasteiger partial charge on any atom is 0.315 e. The molecule has 3 nitrogen and oxygen atoms in total. The van der Waals surface area contributed by atoms with E-state index in [4.69, 9.17) is 5.11 Å². The van der Waals surface area contributed by atoms with Crippen LogP contribution in [0.5, 0.6) is 0 Å². The quantitative estimate of drug-likeness (QED) is 0.480. The maximum absolute atomic E-state index is 11.1. The van der Waals surface area contributed by atoms with Gasteiger partial charge in [0.25, 0.3) is 5.91 Å². The number of amides is 1. The van der Waals surface area contributed by atoms with Gasteiger partial charge in [0, 0.05) is 0 Å². The minimum atomic E-state index is -3.04. The minimum Gasteiger partial charge on any atom is -0.376 e. The normalized spacial score (nSPS) is 9.50. The van der Waals surface area contributed by atoms with Gasteiger partial charge in [-0.2, -0.15) is 8.78 Å². The molecule has 0 fully saturated rings. The zero-order valence-corrected chi connectivity index (χ0v) is 3.90. The van der Waals surface area contributed by atoms with Crippen LogP contribution in [0.4, 0.5) is 8.78 Å². The summed E-state index contributed by atoms with van der Waals surface area (Å²) in [6.07, 6.45) is -3.04. The summed E-state index contributed by atoms with van der Waals surface area (Å²) in [5.41, 5.74) is 0. The van der Waals surface area contributed by atoms with Crippen LogP contribution in [-0.2, 0) is 4.79 Å². The fourth-order valence-corrected chi connectivity index (χ4v) is 0.155. The van der Waals surface area contributed by atoms with Gasteiger partial charge in [-0.05, 0) is 0 Å². The van der Waals surface area contributed by atoms with Crippen LogP contribution in [0.25, 0.3) is 0 Å². The second-order valence-electron chi connectivity index (χ2n) is 1.000. The Balaban J connectivity index is 3.33. The molecule has 0 aromatic heterocycles. The Bertz CT molecular complexity index is 85.4. The first-order valence-electron chi connectivity index (χ1n) is 1.85. The van der Waals surface area contributed by atoms with Crippen molar-refractivity contribution in [3.8, 4) is 0 Å². The molecule has 0 saturated heterocycles. The summed E-state index contributed by atoms with van der Waals surface area (Å²) in [6.45, 7) is -0.747. The predicted octanol–water partition coefficient (Wildman–Crippen LogP) is -0.683. The lowest BCUT2D eigenvalue weighted by Gasteiger charge is -1.96. The monoisotopic (exact) mass is 125 g/mol. The number of carbonyl (C=O) groups excluding carboxylic acids is 1. The summed E-state index contributed by atoms with van der Waals surface area (Å²) in [5.74, 6) is -1.45. The van der Waals surface area contributed by atoms with Crippen LogP contribution in [0.2, 0.25) is 0 Å². The van der Waals surface area contributed by atoms with Gasteiger partial charge < -0.3 is 10.4 Å². The van der Waals surface area contributed by atoms with Crippen LogP contribution in [0.15, 0.2) is 0 Å². The third-order valence-electron chi connectivity index (χ3n) is 0.451. The van der Waals surface area contributed by atoms with E-state index in [-0.39, 0.29) is 0 Å². The van der Waals surface area contributed by atoms with Gasteiger partial charge in [-0.3, -0.25) is 4.79 Å². The number of aliphatic hydroxyl groups is 1. The van der Waals surface area contributed by atoms with E-state index in [0.29, 0.717) is 0 Å². The van der Waals surface area contributed by atoms with Crippen molar-refractivity contribution < 1.29 is 18.7 Å². The molecule has 0 heterocycles. The van der Waals surface area contributed by atoms with Crippen LogP contribution < -0.4 is 5.32 Å². The van der Waals surface area contributed by atoms with E-state index in [1.165, 1.54) is 5.32 Å². The third-order valence-corrected chi connectivity index (χ3v) is 0.451. The van der Waals surface area contributed by atoms with Crippen LogP contribution in [0.1, 0.15) is 0 Å². The van der Waals surface area contributed by atoms with Crippen LogP contribution in [0.3, 0.4) is 0 Å². The van der Waals surface area contributed by atoms with Crippen molar-refractivity contribution in [2.75, 3.05) is 6.73 Å². The highest BCUT2D eigenvalue weighted by Crippen LogP contribution is 1.88. The highest BCUT2D eigenvalue weighted by molar-refractivity contribution is 5.78. The molecule has 48 valence electrons. The van der Waals surface area contributed by atoms with Gasteiger partial charge in [0.1, 0.15) is 6.73 Å². The predicted molar refractivity (Wildman–Crippen MR) is 21.2 cm³/mol. The largest absolute Gasteiger partial charge is 0.376 e. The second-order valence-corrected chi connectivity index (χ2v) is 1.000. The van der Waals surface area contributed by atoms with Gasteiger partial charge >= 0.3 is 6.43 Å². The molecule has 0 rings (SSSR count). The van der Waals surface area contributed by atoms with Gasteiger partial charge in [0.05, 0.1) is 0 Å². The molecule has 0 aromatic rings. The first-order chi connectivity index (χ1) is 3.68. The molecule has 1 amide bonds. The summed E-state index contributed by atoms with van der Waals surface area (Å²) in [4.78, 5) is 9.72. The minimum absolute atomic E-state index is 0.747. The fraction of sp³-hybridized carbons (Fsp3) is 0.667. The molecule has 2 N–H and O–H groups in total. The van der Waals surface area contributed by atoms with Crippen molar-refractivity contribution in [3.63, 3.8) is 0 Å². The van der Waals surface area contributed by atoms with Crippen molar-refractivity contribution >= 4 is 5.91 Å². The van der Waals surface area contributed by atoms with Crippen LogP contribution in [-0.4, -0.2) is 24.2 Å². The lowest BCUT2D eigenvalue weighted by Crippen LogP contribution is -2.29. The molecule has 0 unspecified atom stereocenters. The summed E-state index contributed by atoms with van der Waals surface area (Å²) >= 11 is 0. The highest BCUT2D eigenvalue weighted by atomic mass is 19.3. The molecule has 5 heteroatoms. The Labute approximate surface area is 44.3 Å². The second kappa shape index (κ2) is 3.31. The van der Waals surface area contributed by atoms with E-state index in [0.717, 1.165) is 0 Å². The number of alkyl halides is 2. The molecule has 0 spiro atoms. The number of rotatable bonds is 2. The molecule has 0 aliphatic heterocycles. The van der Waals surface area contributed by atoms with Crippen molar-refractivity contribution in [1.82, 2.24) is 5.32 Å². The summed E-state index contributed by atoms with van der Waals surface area (Å²) in [6, 6.07) is 0. The smallest absolute Gasteiger partial charge is 0.315 e. The van der Waals surface area contributed by atoms with Gasteiger partial charge in [0.2, 0.25) is 0 Å². The highest BCUT2D eigenvalue weighted by Gasteiger charge is 2.12. The number of hydrogen-bond donors (Lipinski definition) is 2. The van der Waals surface area contributed by atoms with E-state index in [1.54, 1.807) is 0 Å². The lowest BCUT2D eigenvalue weighted by atomic mass is 10.6. The number of nitrogens with one attached hydrogen (secondary N) is 1. The molecule has 0 aromatic carbocycles. The van der Waals surface area contributed by atoms with E-state index in [1.807, 2.05) is 0 Å². The van der Waals surface area contributed by atoms with E-state index in [2.05, 4.69) is 0 Å². The summed E-state index contributed by atoms with van der Waals surface area (Å²) < 4.78 is 22.2. The Morgan fingerprint density at radius 1 is 1.75 bits per heavy atom. The molecule has 0 aliphatic carbocycles. The molecule has 0 atom stereocenters. The summed E-state index contributed by atoms with van der Waals surface area (Å²) in [5, 5.41) is 9.33. The molecule has 0 radical (unpaired) electrons. The Hall–Kier alpha value is -0.710. The van der Waals surface area contributed by atoms with Crippen molar-refractivity contribution in [1.29, 1.82) is 0 Å². The maximum atomic E-state index is 11.1. The zero-order chi connectivity index (χ0) is 6.57. The standard InChI is InChI=1S/C3H5F2NO2/c4-2(5)3(8)6-1-7/h2,7H,1H2,(H,6,8). The topological polar surface area (TPSA) is 49.3 Å². The first-order valence-corrected chi connectivity index (χ1v) is 1.85. The Kier molecular flexibility index (Phi) is 3.02. The van der Waals surface area contributed by atoms with Crippen LogP contribution in [0, 0.1) is 0 Å². The van der Waals surface area contributed by atoms with Crippen LogP contribution >= 0.6 is 0 Å². The molecule has 0 aliphatic rings. The van der Waals surface area contributed by atoms with Gasteiger partial charge in [-0.1, -0.05) is 0 Å². The SMILES string of the molecule is O=C(NCO)C(F)F. The van der Waals surface area contributed by atoms with E-state index >= 15 is 0 Å². The molecule has 0 saturated carbocycles. The van der Waals surface area contributed by atoms with E-state index < -0.39 is 19.1 Å². The molecular weight excluding hydrogens is 120 g/mol.